The number of carbonyl (C=O) groups is 3. The van der Waals surface area contributed by atoms with Gasteiger partial charge in [0.15, 0.2) is 11.5 Å². The molecule has 0 saturated carbocycles. The number of hydrogen-bond donors (Lipinski definition) is 1. The van der Waals surface area contributed by atoms with Crippen LogP contribution in [0.2, 0.25) is 0 Å². The van der Waals surface area contributed by atoms with Crippen LogP contribution >= 0.6 is 21.6 Å². The number of nitrogens with zero attached hydrogens (tertiary/aromatic N) is 2. The number of amides is 2. The standard InChI is InChI=1S/C33H47N3O7S2.CO2/c1-23(44-45-30-14-8-10-16-34-30)21-43-32(39)35-27-20-29(41-18-11-7-9-15-33(3,4)5)28(40-6)19-26(27)31(38)36-17-12-13-25(36)22-42-24(2)37;2-1-3/h8,10,14,16,19-20,23,25H,7,9,11-13,15,17-18,21-22H2,1-6H3,(H,35,39);/t23?,25-;/m0./s1. The van der Waals surface area contributed by atoms with E-state index in [4.69, 9.17) is 28.5 Å². The van der Waals surface area contributed by atoms with E-state index in [9.17, 15) is 14.4 Å². The molecule has 0 radical (unpaired) electrons. The number of anilines is 1. The van der Waals surface area contributed by atoms with Crippen LogP contribution in [0.5, 0.6) is 11.5 Å². The molecular weight excluding hydrogens is 659 g/mol. The Bertz CT molecular complexity index is 1350. The molecule has 2 aromatic rings. The van der Waals surface area contributed by atoms with Gasteiger partial charge in [0.2, 0.25) is 0 Å². The number of ether oxygens (including phenoxy) is 4. The predicted molar refractivity (Wildman–Crippen MR) is 184 cm³/mol. The summed E-state index contributed by atoms with van der Waals surface area (Å²) < 4.78 is 22.5. The van der Waals surface area contributed by atoms with Crippen molar-refractivity contribution in [3.63, 3.8) is 0 Å². The maximum absolute atomic E-state index is 13.9. The van der Waals surface area contributed by atoms with E-state index in [1.165, 1.54) is 24.8 Å². The van der Waals surface area contributed by atoms with E-state index in [-0.39, 0.29) is 47.8 Å². The first-order valence-electron chi connectivity index (χ1n) is 15.8. The summed E-state index contributed by atoms with van der Waals surface area (Å²) in [5, 5.41) is 3.63. The molecule has 0 bridgehead atoms. The molecule has 48 heavy (non-hydrogen) atoms. The second-order valence-corrected chi connectivity index (χ2v) is 15.0. The van der Waals surface area contributed by atoms with Gasteiger partial charge in [0, 0.05) is 31.0 Å². The van der Waals surface area contributed by atoms with Crippen molar-refractivity contribution in [3.05, 3.63) is 42.1 Å². The molecule has 2 atom stereocenters. The highest BCUT2D eigenvalue weighted by atomic mass is 33.1. The molecule has 0 aliphatic carbocycles. The van der Waals surface area contributed by atoms with E-state index in [0.29, 0.717) is 36.5 Å². The summed E-state index contributed by atoms with van der Waals surface area (Å²) in [5.74, 6) is 0.113. The van der Waals surface area contributed by atoms with Gasteiger partial charge in [0.1, 0.15) is 18.2 Å². The maximum atomic E-state index is 13.9. The summed E-state index contributed by atoms with van der Waals surface area (Å²) in [4.78, 5) is 60.5. The van der Waals surface area contributed by atoms with Crippen LogP contribution in [0, 0.1) is 5.41 Å². The monoisotopic (exact) mass is 705 g/mol. The molecule has 0 spiro atoms. The minimum atomic E-state index is -0.685. The van der Waals surface area contributed by atoms with E-state index in [1.807, 2.05) is 25.1 Å². The highest BCUT2D eigenvalue weighted by Gasteiger charge is 2.32. The number of methoxy groups -OCH3 is 1. The third kappa shape index (κ3) is 15.0. The third-order valence-corrected chi connectivity index (χ3v) is 9.86. The van der Waals surface area contributed by atoms with Crippen LogP contribution in [0.15, 0.2) is 41.6 Å². The Balaban J connectivity index is 0.00000257. The molecule has 14 heteroatoms. The number of nitrogens with one attached hydrogen (secondary N) is 1. The smallest absolute Gasteiger partial charge is 0.411 e. The minimum absolute atomic E-state index is 0.0106. The van der Waals surface area contributed by atoms with Crippen LogP contribution in [0.1, 0.15) is 83.5 Å². The van der Waals surface area contributed by atoms with Crippen molar-refractivity contribution in [1.29, 1.82) is 0 Å². The lowest BCUT2D eigenvalue weighted by Gasteiger charge is -2.26. The first-order valence-corrected chi connectivity index (χ1v) is 18.1. The van der Waals surface area contributed by atoms with Crippen LogP contribution in [-0.2, 0) is 23.9 Å². The number of unbranched alkanes of at least 4 members (excludes halogenated alkanes) is 2. The normalized spacial score (nSPS) is 14.5. The van der Waals surface area contributed by atoms with E-state index in [2.05, 4.69) is 31.1 Å². The molecule has 3 rings (SSSR count). The number of rotatable bonds is 16. The van der Waals surface area contributed by atoms with Crippen LogP contribution in [0.25, 0.3) is 0 Å². The summed E-state index contributed by atoms with van der Waals surface area (Å²) in [7, 11) is 4.58. The van der Waals surface area contributed by atoms with E-state index < -0.39 is 12.1 Å². The van der Waals surface area contributed by atoms with Gasteiger partial charge in [-0.15, -0.1) is 0 Å². The van der Waals surface area contributed by atoms with Gasteiger partial charge >= 0.3 is 18.2 Å². The molecular formula is C34H47N3O9S2. The SMILES string of the molecule is COc1cc(C(=O)N2CCC[C@H]2COC(C)=O)c(NC(=O)OCC(C)SSc2ccccn2)cc1OCCCCCC(C)(C)C.O=C=O. The first-order chi connectivity index (χ1) is 22.9. The molecule has 1 unspecified atom stereocenters. The highest BCUT2D eigenvalue weighted by molar-refractivity contribution is 8.76. The average Bonchev–Trinajstić information content (AvgIpc) is 3.52. The van der Waals surface area contributed by atoms with Crippen molar-refractivity contribution < 1.29 is 42.9 Å². The molecule has 1 fully saturated rings. The highest BCUT2D eigenvalue weighted by Crippen LogP contribution is 2.36. The number of esters is 1. The summed E-state index contributed by atoms with van der Waals surface area (Å²) in [6.45, 7) is 11.3. The fraction of sp³-hybridized carbons (Fsp3) is 0.559. The third-order valence-electron chi connectivity index (χ3n) is 7.10. The molecule has 2 amide bonds. The molecule has 1 aromatic carbocycles. The Hall–Kier alpha value is -3.74. The number of carbonyl (C=O) groups excluding carboxylic acids is 5. The Labute approximate surface area is 290 Å². The molecule has 1 aliphatic rings. The van der Waals surface area contributed by atoms with Crippen LogP contribution in [0.4, 0.5) is 10.5 Å². The lowest BCUT2D eigenvalue weighted by Crippen LogP contribution is -2.39. The van der Waals surface area contributed by atoms with Crippen molar-refractivity contribution in [1.82, 2.24) is 9.88 Å². The zero-order chi connectivity index (χ0) is 35.5. The van der Waals surface area contributed by atoms with Gasteiger partial charge in [0.25, 0.3) is 5.91 Å². The fourth-order valence-electron chi connectivity index (χ4n) is 4.77. The van der Waals surface area contributed by atoms with Crippen molar-refractivity contribution in [2.45, 2.75) is 89.5 Å². The van der Waals surface area contributed by atoms with Crippen LogP contribution in [0.3, 0.4) is 0 Å². The van der Waals surface area contributed by atoms with E-state index in [0.717, 1.165) is 37.1 Å². The zero-order valence-electron chi connectivity index (χ0n) is 28.6. The summed E-state index contributed by atoms with van der Waals surface area (Å²) in [6, 6.07) is 8.65. The molecule has 2 heterocycles. The maximum Gasteiger partial charge on any atom is 0.411 e. The lowest BCUT2D eigenvalue weighted by molar-refractivity contribution is -0.191. The number of benzene rings is 1. The molecule has 12 nitrogen and oxygen atoms in total. The van der Waals surface area contributed by atoms with Gasteiger partial charge in [-0.25, -0.2) is 9.78 Å². The average molecular weight is 706 g/mol. The molecule has 1 aliphatic heterocycles. The Kier molecular flexibility index (Phi) is 17.9. The van der Waals surface area contributed by atoms with Crippen molar-refractivity contribution in [3.8, 4) is 11.5 Å². The molecule has 1 saturated heterocycles. The van der Waals surface area contributed by atoms with Gasteiger partial charge in [0.05, 0.1) is 31.0 Å². The summed E-state index contributed by atoms with van der Waals surface area (Å²) in [5.41, 5.74) is 0.793. The Morgan fingerprint density at radius 2 is 1.85 bits per heavy atom. The van der Waals surface area contributed by atoms with Gasteiger partial charge in [-0.2, -0.15) is 9.59 Å². The van der Waals surface area contributed by atoms with Crippen molar-refractivity contribution in [2.24, 2.45) is 5.41 Å². The minimum Gasteiger partial charge on any atom is -0.493 e. The van der Waals surface area contributed by atoms with Gasteiger partial charge in [-0.05, 0) is 67.0 Å². The largest absolute Gasteiger partial charge is 0.493 e. The van der Waals surface area contributed by atoms with Crippen molar-refractivity contribution in [2.75, 3.05) is 38.8 Å². The summed E-state index contributed by atoms with van der Waals surface area (Å²) in [6.07, 6.45) is 6.93. The second kappa shape index (κ2) is 21.3. The Morgan fingerprint density at radius 3 is 2.50 bits per heavy atom. The van der Waals surface area contributed by atoms with Crippen LogP contribution < -0.4 is 14.8 Å². The number of aromatic nitrogens is 1. The van der Waals surface area contributed by atoms with Crippen LogP contribution in [-0.4, -0.2) is 78.8 Å². The second-order valence-electron chi connectivity index (χ2n) is 12.3. The van der Waals surface area contributed by atoms with Gasteiger partial charge in [-0.1, -0.05) is 50.5 Å². The molecule has 1 aromatic heterocycles. The molecule has 1 N–H and O–H groups in total. The van der Waals surface area contributed by atoms with Crippen molar-refractivity contribution >= 4 is 51.4 Å². The predicted octanol–water partition coefficient (Wildman–Crippen LogP) is 7.04. The number of pyridine rings is 1. The summed E-state index contributed by atoms with van der Waals surface area (Å²) >= 11 is 0. The zero-order valence-corrected chi connectivity index (χ0v) is 30.2. The van der Waals surface area contributed by atoms with Gasteiger partial charge < -0.3 is 23.8 Å². The van der Waals surface area contributed by atoms with E-state index in [1.54, 1.807) is 34.0 Å². The molecule has 264 valence electrons. The van der Waals surface area contributed by atoms with E-state index >= 15 is 0 Å². The fourth-order valence-corrected chi connectivity index (χ4v) is 6.64. The van der Waals surface area contributed by atoms with Gasteiger partial charge in [-0.3, -0.25) is 14.9 Å². The number of likely N-dealkylation sites (tertiary alicyclic amines) is 1. The first kappa shape index (κ1) is 40.4. The Morgan fingerprint density at radius 1 is 1.10 bits per heavy atom. The quantitative estimate of drug-likeness (QED) is 0.108. The number of hydrogen-bond acceptors (Lipinski definition) is 12. The topological polar surface area (TPSA) is 150 Å². The lowest BCUT2D eigenvalue weighted by atomic mass is 9.89.